The second-order valence-corrected chi connectivity index (χ2v) is 9.05. The summed E-state index contributed by atoms with van der Waals surface area (Å²) in [5.41, 5.74) is 0.688. The van der Waals surface area contributed by atoms with Crippen LogP contribution in [0, 0.1) is 34.5 Å². The predicted octanol–water partition coefficient (Wildman–Crippen LogP) is 2.44. The third-order valence-electron chi connectivity index (χ3n) is 8.04. The maximum absolute atomic E-state index is 12.3. The van der Waals surface area contributed by atoms with E-state index in [-0.39, 0.29) is 34.2 Å². The summed E-state index contributed by atoms with van der Waals surface area (Å²) >= 11 is 0. The molecule has 3 fully saturated rings. The smallest absolute Gasteiger partial charge is 0.178 e. The van der Waals surface area contributed by atoms with Crippen LogP contribution in [0.3, 0.4) is 0 Å². The van der Waals surface area contributed by atoms with Crippen molar-refractivity contribution in [1.82, 2.24) is 0 Å². The highest BCUT2D eigenvalue weighted by Crippen LogP contribution is 2.65. The van der Waals surface area contributed by atoms with Gasteiger partial charge in [0.1, 0.15) is 6.61 Å². The Balaban J connectivity index is 1.71. The number of allylic oxidation sites excluding steroid dienone is 4. The van der Waals surface area contributed by atoms with Crippen molar-refractivity contribution in [1.29, 1.82) is 0 Å². The molecule has 0 aromatic carbocycles. The van der Waals surface area contributed by atoms with Crippen LogP contribution < -0.4 is 0 Å². The van der Waals surface area contributed by atoms with E-state index in [1.165, 1.54) is 0 Å². The summed E-state index contributed by atoms with van der Waals surface area (Å²) in [4.78, 5) is 24.1. The van der Waals surface area contributed by atoms with Gasteiger partial charge in [0, 0.05) is 17.3 Å². The highest BCUT2D eigenvalue weighted by molar-refractivity contribution is 6.01. The highest BCUT2D eigenvalue weighted by Gasteiger charge is 2.62. The van der Waals surface area contributed by atoms with Crippen LogP contribution in [0.4, 0.5) is 0 Å². The Morgan fingerprint density at radius 2 is 2.04 bits per heavy atom. The first-order valence-corrected chi connectivity index (χ1v) is 9.57. The molecule has 0 aliphatic heterocycles. The summed E-state index contributed by atoms with van der Waals surface area (Å²) in [6.07, 6.45) is 9.25. The standard InChI is InChI=1S/C21H28O4/c1-20-8-7-13(23)9-12(20)3-4-14-15-5-6-16(18(25)11-22)21(15,2)10-17(24)19(14)20/h7-9,14-17,19,22,24H,3-6,10-11H2,1-2H3/t14-,15+,16-,17-,19-,20-,21+/m1/s1. The minimum atomic E-state index is -0.482. The fraction of sp³-hybridized carbons (Fsp3) is 0.714. The molecule has 25 heavy (non-hydrogen) atoms. The molecule has 0 saturated heterocycles. The third-order valence-corrected chi connectivity index (χ3v) is 8.04. The third kappa shape index (κ3) is 2.26. The fourth-order valence-electron chi connectivity index (χ4n) is 6.96. The molecule has 0 aromatic rings. The molecule has 0 spiro atoms. The van der Waals surface area contributed by atoms with Crippen LogP contribution in [0.2, 0.25) is 0 Å². The van der Waals surface area contributed by atoms with Crippen LogP contribution >= 0.6 is 0 Å². The normalized spacial score (nSPS) is 48.4. The minimum Gasteiger partial charge on any atom is -0.393 e. The summed E-state index contributed by atoms with van der Waals surface area (Å²) in [5.74, 6) is 0.734. The zero-order chi connectivity index (χ0) is 18.0. The molecule has 4 aliphatic rings. The van der Waals surface area contributed by atoms with Crippen molar-refractivity contribution in [3.05, 3.63) is 23.8 Å². The Labute approximate surface area is 149 Å². The fourth-order valence-corrected chi connectivity index (χ4v) is 6.96. The second kappa shape index (κ2) is 5.62. The first-order chi connectivity index (χ1) is 11.8. The molecule has 0 bridgehead atoms. The number of aliphatic hydroxyl groups is 2. The monoisotopic (exact) mass is 344 g/mol. The number of rotatable bonds is 2. The molecule has 4 nitrogen and oxygen atoms in total. The van der Waals surface area contributed by atoms with Crippen molar-refractivity contribution in [2.75, 3.05) is 6.61 Å². The molecule has 3 saturated carbocycles. The van der Waals surface area contributed by atoms with Gasteiger partial charge in [-0.15, -0.1) is 0 Å². The van der Waals surface area contributed by atoms with E-state index in [4.69, 9.17) is 0 Å². The van der Waals surface area contributed by atoms with Crippen LogP contribution in [-0.4, -0.2) is 34.5 Å². The summed E-state index contributed by atoms with van der Waals surface area (Å²) in [5, 5.41) is 20.5. The van der Waals surface area contributed by atoms with Crippen molar-refractivity contribution >= 4 is 11.6 Å². The molecule has 4 rings (SSSR count). The zero-order valence-corrected chi connectivity index (χ0v) is 15.1. The van der Waals surface area contributed by atoms with Gasteiger partial charge < -0.3 is 10.2 Å². The molecular weight excluding hydrogens is 316 g/mol. The average Bonchev–Trinajstić information content (AvgIpc) is 2.91. The van der Waals surface area contributed by atoms with Crippen LogP contribution in [0.5, 0.6) is 0 Å². The molecule has 2 N–H and O–H groups in total. The van der Waals surface area contributed by atoms with E-state index in [0.29, 0.717) is 18.3 Å². The lowest BCUT2D eigenvalue weighted by Gasteiger charge is -2.58. The van der Waals surface area contributed by atoms with Gasteiger partial charge in [-0.1, -0.05) is 25.5 Å². The summed E-state index contributed by atoms with van der Waals surface area (Å²) in [6, 6.07) is 0. The number of fused-ring (bicyclic) bond motifs is 5. The van der Waals surface area contributed by atoms with Gasteiger partial charge in [-0.25, -0.2) is 0 Å². The number of hydrogen-bond acceptors (Lipinski definition) is 4. The van der Waals surface area contributed by atoms with Crippen LogP contribution in [0.1, 0.15) is 46.0 Å². The van der Waals surface area contributed by atoms with E-state index >= 15 is 0 Å². The highest BCUT2D eigenvalue weighted by atomic mass is 16.3. The lowest BCUT2D eigenvalue weighted by molar-refractivity contribution is -0.141. The van der Waals surface area contributed by atoms with Crippen molar-refractivity contribution < 1.29 is 19.8 Å². The first-order valence-electron chi connectivity index (χ1n) is 9.57. The van der Waals surface area contributed by atoms with Gasteiger partial charge in [-0.05, 0) is 61.5 Å². The molecule has 0 aromatic heterocycles. The van der Waals surface area contributed by atoms with Crippen molar-refractivity contribution in [2.45, 2.75) is 52.1 Å². The quantitative estimate of drug-likeness (QED) is 0.807. The van der Waals surface area contributed by atoms with Crippen molar-refractivity contribution in [3.8, 4) is 0 Å². The summed E-state index contributed by atoms with van der Waals surface area (Å²) < 4.78 is 0. The van der Waals surface area contributed by atoms with Gasteiger partial charge in [0.2, 0.25) is 0 Å². The molecular formula is C21H28O4. The number of hydrogen-bond donors (Lipinski definition) is 2. The summed E-state index contributed by atoms with van der Waals surface area (Å²) in [7, 11) is 0. The Hall–Kier alpha value is -1.26. The van der Waals surface area contributed by atoms with Gasteiger partial charge in [-0.2, -0.15) is 0 Å². The lowest BCUT2D eigenvalue weighted by Crippen LogP contribution is -2.56. The number of Topliss-reactive ketones (excluding diaryl/α,β-unsaturated/α-hetero) is 1. The van der Waals surface area contributed by atoms with E-state index in [1.54, 1.807) is 12.2 Å². The number of aliphatic hydroxyl groups excluding tert-OH is 2. The van der Waals surface area contributed by atoms with Crippen LogP contribution in [0.15, 0.2) is 23.8 Å². The van der Waals surface area contributed by atoms with Gasteiger partial charge in [0.05, 0.1) is 6.10 Å². The van der Waals surface area contributed by atoms with E-state index in [0.717, 1.165) is 31.3 Å². The molecule has 4 aliphatic carbocycles. The minimum absolute atomic E-state index is 0.0514. The largest absolute Gasteiger partial charge is 0.393 e. The predicted molar refractivity (Wildman–Crippen MR) is 93.6 cm³/mol. The van der Waals surface area contributed by atoms with Crippen molar-refractivity contribution in [2.24, 2.45) is 34.5 Å². The SMILES string of the molecule is C[C@]12C[C@@H](O)[C@H]3[C@H](CCC4=CC(=O)C=C[C@]43C)[C@@H]1CC[C@@H]2C(=O)CO. The van der Waals surface area contributed by atoms with Gasteiger partial charge >= 0.3 is 0 Å². The topological polar surface area (TPSA) is 74.6 Å². The van der Waals surface area contributed by atoms with Gasteiger partial charge in [0.15, 0.2) is 11.6 Å². The van der Waals surface area contributed by atoms with Crippen LogP contribution in [0.25, 0.3) is 0 Å². The molecule has 0 amide bonds. The number of ketones is 2. The maximum atomic E-state index is 12.3. The van der Waals surface area contributed by atoms with E-state index in [1.807, 2.05) is 6.08 Å². The van der Waals surface area contributed by atoms with E-state index < -0.39 is 12.7 Å². The first kappa shape index (κ1) is 17.2. The number of carbonyl (C=O) groups is 2. The Morgan fingerprint density at radius 3 is 2.76 bits per heavy atom. The van der Waals surface area contributed by atoms with Crippen molar-refractivity contribution in [3.63, 3.8) is 0 Å². The molecule has 4 heteroatoms. The molecule has 7 atom stereocenters. The second-order valence-electron chi connectivity index (χ2n) is 9.05. The molecule has 0 radical (unpaired) electrons. The molecule has 136 valence electrons. The van der Waals surface area contributed by atoms with E-state index in [2.05, 4.69) is 13.8 Å². The van der Waals surface area contributed by atoms with Gasteiger partial charge in [0.25, 0.3) is 0 Å². The number of carbonyl (C=O) groups excluding carboxylic acids is 2. The zero-order valence-electron chi connectivity index (χ0n) is 15.1. The Bertz CT molecular complexity index is 677. The van der Waals surface area contributed by atoms with E-state index in [9.17, 15) is 19.8 Å². The maximum Gasteiger partial charge on any atom is 0.178 e. The van der Waals surface area contributed by atoms with Crippen LogP contribution in [-0.2, 0) is 9.59 Å². The molecule has 0 unspecified atom stereocenters. The summed E-state index contributed by atoms with van der Waals surface area (Å²) in [6.45, 7) is 3.92. The Morgan fingerprint density at radius 1 is 1.28 bits per heavy atom. The van der Waals surface area contributed by atoms with Gasteiger partial charge in [-0.3, -0.25) is 9.59 Å². The Kier molecular flexibility index (Phi) is 3.86. The average molecular weight is 344 g/mol. The lowest BCUT2D eigenvalue weighted by atomic mass is 9.46. The molecule has 0 heterocycles.